The molecule has 3 aliphatic rings. The zero-order valence-electron chi connectivity index (χ0n) is 17.5. The van der Waals surface area contributed by atoms with Crippen molar-refractivity contribution in [2.75, 3.05) is 26.2 Å². The third-order valence-electron chi connectivity index (χ3n) is 7.05. The zero-order valence-corrected chi connectivity index (χ0v) is 17.5. The molecule has 0 aliphatic carbocycles. The van der Waals surface area contributed by atoms with Crippen molar-refractivity contribution in [1.82, 2.24) is 15.0 Å². The van der Waals surface area contributed by atoms with Gasteiger partial charge in [0.25, 0.3) is 0 Å². The fraction of sp³-hybridized carbons (Fsp3) is 0.609. The van der Waals surface area contributed by atoms with E-state index in [0.717, 1.165) is 81.6 Å². The van der Waals surface area contributed by atoms with Crippen LogP contribution in [-0.4, -0.2) is 58.9 Å². The van der Waals surface area contributed by atoms with Crippen LogP contribution >= 0.6 is 0 Å². The number of benzene rings is 1. The van der Waals surface area contributed by atoms with Gasteiger partial charge >= 0.3 is 0 Å². The van der Waals surface area contributed by atoms with Crippen LogP contribution < -0.4 is 0 Å². The van der Waals surface area contributed by atoms with Crippen LogP contribution in [0.3, 0.4) is 0 Å². The molecular formula is C23H29FN4O2. The minimum atomic E-state index is -0.299. The molecule has 0 N–H and O–H groups in total. The second kappa shape index (κ2) is 8.10. The van der Waals surface area contributed by atoms with Crippen LogP contribution in [0.1, 0.15) is 57.1 Å². The minimum Gasteiger partial charge on any atom is -0.356 e. The fourth-order valence-corrected chi connectivity index (χ4v) is 5.26. The number of likely N-dealkylation sites (tertiary alicyclic amines) is 1. The lowest BCUT2D eigenvalue weighted by Gasteiger charge is -2.39. The summed E-state index contributed by atoms with van der Waals surface area (Å²) < 4.78 is 18.7. The van der Waals surface area contributed by atoms with Crippen molar-refractivity contribution >= 4 is 22.7 Å². The molecule has 2 atom stereocenters. The molecule has 1 aromatic carbocycles. The number of piperidine rings is 2. The first-order valence-electron chi connectivity index (χ1n) is 11.3. The molecule has 0 saturated carbocycles. The predicted molar refractivity (Wildman–Crippen MR) is 113 cm³/mol. The van der Waals surface area contributed by atoms with E-state index in [-0.39, 0.29) is 23.7 Å². The zero-order chi connectivity index (χ0) is 20.7. The number of nitrogens with zero attached hydrogens (tertiary/aromatic N) is 4. The first-order valence-corrected chi connectivity index (χ1v) is 11.3. The third kappa shape index (κ3) is 3.64. The molecule has 5 rings (SSSR count). The van der Waals surface area contributed by atoms with Crippen LogP contribution in [0.25, 0.3) is 11.0 Å². The number of aliphatic imine (C=N–C) groups is 1. The second-order valence-corrected chi connectivity index (χ2v) is 8.95. The van der Waals surface area contributed by atoms with Gasteiger partial charge in [-0.3, -0.25) is 9.79 Å². The summed E-state index contributed by atoms with van der Waals surface area (Å²) in [5, 5.41) is 5.16. The van der Waals surface area contributed by atoms with E-state index >= 15 is 0 Å². The van der Waals surface area contributed by atoms with E-state index in [9.17, 15) is 9.18 Å². The van der Waals surface area contributed by atoms with Crippen molar-refractivity contribution in [2.45, 2.75) is 57.4 Å². The normalized spacial score (nSPS) is 26.1. The molecule has 2 unspecified atom stereocenters. The van der Waals surface area contributed by atoms with Crippen molar-refractivity contribution in [2.24, 2.45) is 10.9 Å². The van der Waals surface area contributed by atoms with Crippen LogP contribution in [0.5, 0.6) is 0 Å². The van der Waals surface area contributed by atoms with Gasteiger partial charge in [-0.2, -0.15) is 0 Å². The van der Waals surface area contributed by atoms with Gasteiger partial charge in [0.2, 0.25) is 5.91 Å². The molecule has 0 bridgehead atoms. The monoisotopic (exact) mass is 412 g/mol. The van der Waals surface area contributed by atoms with Gasteiger partial charge in [-0.1, -0.05) is 5.16 Å². The van der Waals surface area contributed by atoms with E-state index in [4.69, 9.17) is 9.52 Å². The van der Waals surface area contributed by atoms with Crippen molar-refractivity contribution < 1.29 is 13.7 Å². The number of carbonyl (C=O) groups excluding carboxylic acids is 1. The highest BCUT2D eigenvalue weighted by Crippen LogP contribution is 2.33. The van der Waals surface area contributed by atoms with E-state index in [0.29, 0.717) is 11.5 Å². The topological polar surface area (TPSA) is 61.9 Å². The molecule has 0 radical (unpaired) electrons. The predicted octanol–water partition coefficient (Wildman–Crippen LogP) is 3.97. The van der Waals surface area contributed by atoms with Crippen LogP contribution in [0.2, 0.25) is 0 Å². The van der Waals surface area contributed by atoms with Crippen molar-refractivity contribution in [1.29, 1.82) is 0 Å². The van der Waals surface area contributed by atoms with E-state index < -0.39 is 0 Å². The summed E-state index contributed by atoms with van der Waals surface area (Å²) in [6, 6.07) is 4.73. The SMILES string of the molecule is CC1N=C2CCCCN2C(=O)C1CCN1CCC(c2noc3cc(F)ccc23)CC1. The number of carbonyl (C=O) groups is 1. The fourth-order valence-electron chi connectivity index (χ4n) is 5.26. The number of aromatic nitrogens is 1. The van der Waals surface area contributed by atoms with Gasteiger partial charge in [-0.25, -0.2) is 4.39 Å². The Bertz CT molecular complexity index is 963. The molecule has 3 aliphatic heterocycles. The van der Waals surface area contributed by atoms with Crippen molar-refractivity contribution in [3.63, 3.8) is 0 Å². The second-order valence-electron chi connectivity index (χ2n) is 8.95. The summed E-state index contributed by atoms with van der Waals surface area (Å²) in [5.41, 5.74) is 1.47. The molecule has 6 nitrogen and oxygen atoms in total. The summed E-state index contributed by atoms with van der Waals surface area (Å²) in [4.78, 5) is 22.2. The van der Waals surface area contributed by atoms with Crippen LogP contribution in [-0.2, 0) is 4.79 Å². The average molecular weight is 413 g/mol. The summed E-state index contributed by atoms with van der Waals surface area (Å²) >= 11 is 0. The van der Waals surface area contributed by atoms with E-state index in [1.807, 2.05) is 4.90 Å². The maximum atomic E-state index is 13.4. The molecule has 2 fully saturated rings. The maximum absolute atomic E-state index is 13.4. The van der Waals surface area contributed by atoms with Gasteiger partial charge in [0, 0.05) is 30.3 Å². The van der Waals surface area contributed by atoms with E-state index in [1.165, 1.54) is 12.1 Å². The number of halogens is 1. The quantitative estimate of drug-likeness (QED) is 0.762. The molecule has 160 valence electrons. The number of amidine groups is 1. The number of hydrogen-bond acceptors (Lipinski definition) is 5. The third-order valence-corrected chi connectivity index (χ3v) is 7.05. The minimum absolute atomic E-state index is 0.000969. The highest BCUT2D eigenvalue weighted by molar-refractivity contribution is 6.01. The lowest BCUT2D eigenvalue weighted by Crippen LogP contribution is -2.51. The standard InChI is InChI=1S/C23H29FN4O2/c1-15-18(23(29)28-10-3-2-4-21(28)25-15)9-13-27-11-7-16(8-12-27)22-19-6-5-17(24)14-20(19)30-26-22/h5-6,14-16,18H,2-4,7-13H2,1H3. The molecule has 2 aromatic rings. The van der Waals surface area contributed by atoms with Crippen molar-refractivity contribution in [3.05, 3.63) is 29.7 Å². The highest BCUT2D eigenvalue weighted by Gasteiger charge is 2.37. The summed E-state index contributed by atoms with van der Waals surface area (Å²) in [6.45, 7) is 5.81. The Morgan fingerprint density at radius 3 is 2.87 bits per heavy atom. The molecule has 1 aromatic heterocycles. The lowest BCUT2D eigenvalue weighted by atomic mass is 9.89. The molecule has 0 spiro atoms. The smallest absolute Gasteiger partial charge is 0.233 e. The van der Waals surface area contributed by atoms with E-state index in [1.54, 1.807) is 6.07 Å². The summed E-state index contributed by atoms with van der Waals surface area (Å²) in [7, 11) is 0. The summed E-state index contributed by atoms with van der Waals surface area (Å²) in [6.07, 6.45) is 6.04. The Kier molecular flexibility index (Phi) is 5.31. The number of amides is 1. The molecule has 7 heteroatoms. The van der Waals surface area contributed by atoms with Crippen LogP contribution in [0, 0.1) is 11.7 Å². The Hall–Kier alpha value is -2.28. The molecule has 2 saturated heterocycles. The van der Waals surface area contributed by atoms with Gasteiger partial charge in [0.1, 0.15) is 11.7 Å². The Labute approximate surface area is 176 Å². The Balaban J connectivity index is 1.17. The molecule has 30 heavy (non-hydrogen) atoms. The maximum Gasteiger partial charge on any atom is 0.233 e. The average Bonchev–Trinajstić information content (AvgIpc) is 3.17. The van der Waals surface area contributed by atoms with E-state index in [2.05, 4.69) is 17.0 Å². The van der Waals surface area contributed by atoms with Gasteiger partial charge in [0.05, 0.1) is 17.7 Å². The van der Waals surface area contributed by atoms with Gasteiger partial charge in [-0.15, -0.1) is 0 Å². The van der Waals surface area contributed by atoms with Crippen LogP contribution in [0.15, 0.2) is 27.7 Å². The van der Waals surface area contributed by atoms with Gasteiger partial charge in [0.15, 0.2) is 5.58 Å². The highest BCUT2D eigenvalue weighted by atomic mass is 19.1. The molecular weight excluding hydrogens is 383 g/mol. The molecule has 4 heterocycles. The number of fused-ring (bicyclic) bond motifs is 2. The first-order chi connectivity index (χ1) is 14.6. The molecule has 1 amide bonds. The first kappa shape index (κ1) is 19.7. The number of hydrogen-bond donors (Lipinski definition) is 0. The summed E-state index contributed by atoms with van der Waals surface area (Å²) in [5.74, 6) is 1.33. The largest absolute Gasteiger partial charge is 0.356 e. The van der Waals surface area contributed by atoms with Crippen LogP contribution in [0.4, 0.5) is 4.39 Å². The van der Waals surface area contributed by atoms with Gasteiger partial charge < -0.3 is 14.3 Å². The Morgan fingerprint density at radius 1 is 1.20 bits per heavy atom. The number of rotatable bonds is 4. The van der Waals surface area contributed by atoms with Crippen molar-refractivity contribution in [3.8, 4) is 0 Å². The Morgan fingerprint density at radius 2 is 2.03 bits per heavy atom. The van der Waals surface area contributed by atoms with Gasteiger partial charge in [-0.05, 0) is 70.8 Å². The lowest BCUT2D eigenvalue weighted by molar-refractivity contribution is -0.133.